The van der Waals surface area contributed by atoms with E-state index in [-0.39, 0.29) is 25.2 Å². The van der Waals surface area contributed by atoms with Crippen LogP contribution in [0.4, 0.5) is 0 Å². The molecule has 2 rings (SSSR count). The maximum Gasteiger partial charge on any atom is 0.187 e. The molecule has 0 radical (unpaired) electrons. The number of rotatable bonds is 9. The molecular weight excluding hydrogens is 388 g/mol. The Hall–Kier alpha value is -0.400. The van der Waals surface area contributed by atoms with Gasteiger partial charge in [0.2, 0.25) is 0 Å². The van der Waals surface area contributed by atoms with E-state index in [2.05, 4.69) is 0 Å². The summed E-state index contributed by atoms with van der Waals surface area (Å²) in [7, 11) is 5.88. The Labute approximate surface area is 171 Å². The van der Waals surface area contributed by atoms with Crippen molar-refractivity contribution in [3.63, 3.8) is 0 Å². The van der Waals surface area contributed by atoms with Gasteiger partial charge in [0, 0.05) is 28.4 Å². The first-order valence-corrected chi connectivity index (χ1v) is 9.84. The Bertz CT molecular complexity index is 474. The predicted molar refractivity (Wildman–Crippen MR) is 100 cm³/mol. The van der Waals surface area contributed by atoms with Crippen molar-refractivity contribution >= 4 is 0 Å². The first-order chi connectivity index (χ1) is 13.8. The maximum absolute atomic E-state index is 11.0. The highest BCUT2D eigenvalue weighted by Crippen LogP contribution is 2.33. The fraction of sp³-hybridized carbons (Fsp3) is 1.00. The van der Waals surface area contributed by atoms with Crippen LogP contribution in [0.1, 0.15) is 13.8 Å². The predicted octanol–water partition coefficient (Wildman–Crippen LogP) is -1.07. The van der Waals surface area contributed by atoms with Crippen LogP contribution in [0.5, 0.6) is 0 Å². The SMILES string of the molecule is COCC1OC(OC2C(COC)OC(C(C)C)C(OC)C2O)C(OC)C(O)C1O. The van der Waals surface area contributed by atoms with Gasteiger partial charge in [0.25, 0.3) is 0 Å². The summed E-state index contributed by atoms with van der Waals surface area (Å²) in [5.41, 5.74) is 0. The van der Waals surface area contributed by atoms with Crippen molar-refractivity contribution in [1.29, 1.82) is 0 Å². The highest BCUT2D eigenvalue weighted by molar-refractivity contribution is 4.97. The van der Waals surface area contributed by atoms with Gasteiger partial charge in [-0.2, -0.15) is 0 Å². The zero-order chi connectivity index (χ0) is 21.7. The fourth-order valence-electron chi connectivity index (χ4n) is 3.96. The largest absolute Gasteiger partial charge is 0.387 e. The number of aliphatic hydroxyl groups excluding tert-OH is 3. The summed E-state index contributed by atoms with van der Waals surface area (Å²) >= 11 is 0. The molecule has 2 aliphatic rings. The molecule has 0 aromatic carbocycles. The molecule has 10 atom stereocenters. The third-order valence-electron chi connectivity index (χ3n) is 5.49. The maximum atomic E-state index is 11.0. The van der Waals surface area contributed by atoms with E-state index < -0.39 is 55.1 Å². The summed E-state index contributed by atoms with van der Waals surface area (Å²) in [6, 6.07) is 0. The molecule has 2 aliphatic heterocycles. The van der Waals surface area contributed by atoms with Crippen molar-refractivity contribution in [3.8, 4) is 0 Å². The summed E-state index contributed by atoms with van der Waals surface area (Å²) in [6.45, 7) is 4.19. The highest BCUT2D eigenvalue weighted by atomic mass is 16.7. The van der Waals surface area contributed by atoms with Crippen molar-refractivity contribution in [3.05, 3.63) is 0 Å². The highest BCUT2D eigenvalue weighted by Gasteiger charge is 2.51. The standard InChI is InChI=1S/C19H36O10/c1-9(2)15-17(25-5)14(22)16(11(27-15)8-24-4)29-19-18(26-6)13(21)12(20)10(28-19)7-23-3/h9-22H,7-8H2,1-6H3. The molecule has 10 nitrogen and oxygen atoms in total. The fourth-order valence-corrected chi connectivity index (χ4v) is 3.96. The molecular formula is C19H36O10. The zero-order valence-electron chi connectivity index (χ0n) is 18.0. The average molecular weight is 424 g/mol. The van der Waals surface area contributed by atoms with Gasteiger partial charge in [0.15, 0.2) is 6.29 Å². The van der Waals surface area contributed by atoms with Gasteiger partial charge in [-0.05, 0) is 5.92 Å². The van der Waals surface area contributed by atoms with Crippen LogP contribution >= 0.6 is 0 Å². The van der Waals surface area contributed by atoms with Gasteiger partial charge in [0.1, 0.15) is 48.8 Å². The third kappa shape index (κ3) is 5.45. The van der Waals surface area contributed by atoms with E-state index in [1.54, 1.807) is 0 Å². The molecule has 2 saturated heterocycles. The molecule has 2 fully saturated rings. The van der Waals surface area contributed by atoms with Gasteiger partial charge in [-0.15, -0.1) is 0 Å². The number of hydrogen-bond donors (Lipinski definition) is 3. The van der Waals surface area contributed by atoms with Gasteiger partial charge in [-0.25, -0.2) is 0 Å². The minimum atomic E-state index is -1.26. The summed E-state index contributed by atoms with van der Waals surface area (Å²) in [6.07, 6.45) is -8.82. The molecule has 0 spiro atoms. The molecule has 3 N–H and O–H groups in total. The number of methoxy groups -OCH3 is 4. The Balaban J connectivity index is 2.24. The summed E-state index contributed by atoms with van der Waals surface area (Å²) < 4.78 is 39.1. The molecule has 0 aliphatic carbocycles. The van der Waals surface area contributed by atoms with Crippen molar-refractivity contribution in [2.75, 3.05) is 41.7 Å². The van der Waals surface area contributed by atoms with Crippen LogP contribution in [-0.4, -0.2) is 118 Å². The second-order valence-electron chi connectivity index (χ2n) is 7.81. The second kappa shape index (κ2) is 11.3. The molecule has 10 heteroatoms. The molecule has 0 amide bonds. The smallest absolute Gasteiger partial charge is 0.187 e. The van der Waals surface area contributed by atoms with Crippen LogP contribution in [0.25, 0.3) is 0 Å². The minimum absolute atomic E-state index is 0.0514. The molecule has 0 aromatic rings. The van der Waals surface area contributed by atoms with Gasteiger partial charge in [0.05, 0.1) is 19.3 Å². The van der Waals surface area contributed by atoms with E-state index in [1.807, 2.05) is 13.8 Å². The minimum Gasteiger partial charge on any atom is -0.387 e. The first-order valence-electron chi connectivity index (χ1n) is 9.84. The topological polar surface area (TPSA) is 125 Å². The summed E-state index contributed by atoms with van der Waals surface area (Å²) in [4.78, 5) is 0. The van der Waals surface area contributed by atoms with E-state index in [9.17, 15) is 15.3 Å². The van der Waals surface area contributed by atoms with Crippen LogP contribution in [0.2, 0.25) is 0 Å². The van der Waals surface area contributed by atoms with Gasteiger partial charge in [-0.3, -0.25) is 0 Å². The van der Waals surface area contributed by atoms with Crippen LogP contribution in [-0.2, 0) is 33.2 Å². The van der Waals surface area contributed by atoms with Crippen molar-refractivity contribution in [2.45, 2.75) is 75.1 Å². The van der Waals surface area contributed by atoms with E-state index in [0.29, 0.717) is 0 Å². The second-order valence-corrected chi connectivity index (χ2v) is 7.81. The summed E-state index contributed by atoms with van der Waals surface area (Å²) in [5.74, 6) is 0.0932. The van der Waals surface area contributed by atoms with E-state index in [1.165, 1.54) is 28.4 Å². The molecule has 0 aromatic heterocycles. The van der Waals surface area contributed by atoms with E-state index in [0.717, 1.165) is 0 Å². The zero-order valence-corrected chi connectivity index (χ0v) is 18.0. The lowest BCUT2D eigenvalue weighted by Gasteiger charge is -2.48. The van der Waals surface area contributed by atoms with Crippen molar-refractivity contribution in [2.24, 2.45) is 5.92 Å². The lowest BCUT2D eigenvalue weighted by Crippen LogP contribution is -2.65. The van der Waals surface area contributed by atoms with E-state index in [4.69, 9.17) is 33.2 Å². The number of ether oxygens (including phenoxy) is 7. The number of aliphatic hydroxyl groups is 3. The normalized spacial score (nSPS) is 43.7. The molecule has 172 valence electrons. The van der Waals surface area contributed by atoms with Gasteiger partial charge < -0.3 is 48.5 Å². The Morgan fingerprint density at radius 1 is 0.724 bits per heavy atom. The molecule has 10 unspecified atom stereocenters. The van der Waals surface area contributed by atoms with Crippen LogP contribution in [0, 0.1) is 5.92 Å². The molecule has 2 heterocycles. The van der Waals surface area contributed by atoms with Gasteiger partial charge in [-0.1, -0.05) is 13.8 Å². The third-order valence-corrected chi connectivity index (χ3v) is 5.49. The van der Waals surface area contributed by atoms with Crippen LogP contribution in [0.3, 0.4) is 0 Å². The van der Waals surface area contributed by atoms with Gasteiger partial charge >= 0.3 is 0 Å². The quantitative estimate of drug-likeness (QED) is 0.421. The lowest BCUT2D eigenvalue weighted by atomic mass is 9.89. The average Bonchev–Trinajstić information content (AvgIpc) is 2.68. The van der Waals surface area contributed by atoms with Crippen LogP contribution < -0.4 is 0 Å². The Morgan fingerprint density at radius 2 is 1.31 bits per heavy atom. The number of hydrogen-bond acceptors (Lipinski definition) is 10. The Kier molecular flexibility index (Phi) is 9.68. The molecule has 0 saturated carbocycles. The van der Waals surface area contributed by atoms with Crippen LogP contribution in [0.15, 0.2) is 0 Å². The molecule has 0 bridgehead atoms. The lowest BCUT2D eigenvalue weighted by molar-refractivity contribution is -0.348. The molecule has 29 heavy (non-hydrogen) atoms. The Morgan fingerprint density at radius 3 is 1.83 bits per heavy atom. The first kappa shape index (κ1) is 24.9. The van der Waals surface area contributed by atoms with Crippen molar-refractivity contribution in [1.82, 2.24) is 0 Å². The van der Waals surface area contributed by atoms with Crippen molar-refractivity contribution < 1.29 is 48.5 Å². The van der Waals surface area contributed by atoms with E-state index >= 15 is 0 Å². The monoisotopic (exact) mass is 424 g/mol. The summed E-state index contributed by atoms with van der Waals surface area (Å²) in [5, 5.41) is 31.7.